The fourth-order valence-corrected chi connectivity index (χ4v) is 4.71. The molecule has 1 aromatic carbocycles. The maximum Gasteiger partial charge on any atom is 0.243 e. The minimum atomic E-state index is -3.60. The summed E-state index contributed by atoms with van der Waals surface area (Å²) in [4.78, 5) is 25.7. The van der Waals surface area contributed by atoms with Crippen molar-refractivity contribution >= 4 is 34.1 Å². The number of benzene rings is 1. The molecule has 2 aliphatic heterocycles. The van der Waals surface area contributed by atoms with Gasteiger partial charge in [0, 0.05) is 38.3 Å². The maximum absolute atomic E-state index is 12.7. The second kappa shape index (κ2) is 8.47. The summed E-state index contributed by atoms with van der Waals surface area (Å²) in [6.45, 7) is 4.44. The number of Topliss-reactive ketones (excluding diaryl/α,β-unsaturated/α-hetero) is 1. The molecule has 2 saturated heterocycles. The summed E-state index contributed by atoms with van der Waals surface area (Å²) in [5.41, 5.74) is 0.486. The Balaban J connectivity index is 0.00000243. The lowest BCUT2D eigenvalue weighted by Crippen LogP contribution is -2.52. The van der Waals surface area contributed by atoms with Crippen molar-refractivity contribution in [3.05, 3.63) is 29.8 Å². The van der Waals surface area contributed by atoms with E-state index in [1.165, 1.54) is 35.5 Å². The second-order valence-electron chi connectivity index (χ2n) is 6.50. The van der Waals surface area contributed by atoms with Gasteiger partial charge in [-0.05, 0) is 32.0 Å². The average Bonchev–Trinajstić information content (AvgIpc) is 3.16. The summed E-state index contributed by atoms with van der Waals surface area (Å²) in [5, 5.41) is 3.18. The van der Waals surface area contributed by atoms with E-state index in [4.69, 9.17) is 0 Å². The highest BCUT2D eigenvalue weighted by molar-refractivity contribution is 7.89. The van der Waals surface area contributed by atoms with Gasteiger partial charge in [0.25, 0.3) is 0 Å². The molecule has 0 aromatic heterocycles. The van der Waals surface area contributed by atoms with E-state index in [1.54, 1.807) is 4.90 Å². The smallest absolute Gasteiger partial charge is 0.243 e. The lowest BCUT2D eigenvalue weighted by molar-refractivity contribution is -0.136. The van der Waals surface area contributed by atoms with Gasteiger partial charge in [-0.15, -0.1) is 12.4 Å². The molecular formula is C17H24ClN3O4S. The van der Waals surface area contributed by atoms with Crippen molar-refractivity contribution < 1.29 is 18.0 Å². The molecule has 0 aliphatic carbocycles. The summed E-state index contributed by atoms with van der Waals surface area (Å²) in [6, 6.07) is 5.99. The van der Waals surface area contributed by atoms with E-state index in [9.17, 15) is 18.0 Å². The number of carbonyl (C=O) groups excluding carboxylic acids is 2. The van der Waals surface area contributed by atoms with Crippen LogP contribution < -0.4 is 5.32 Å². The molecule has 9 heteroatoms. The second-order valence-corrected chi connectivity index (χ2v) is 8.44. The van der Waals surface area contributed by atoms with Crippen molar-refractivity contribution in [2.45, 2.75) is 18.2 Å². The van der Waals surface area contributed by atoms with Crippen molar-refractivity contribution in [3.8, 4) is 0 Å². The number of amides is 1. The Hall–Kier alpha value is -1.48. The first-order valence-corrected chi connectivity index (χ1v) is 9.94. The summed E-state index contributed by atoms with van der Waals surface area (Å²) >= 11 is 0. The van der Waals surface area contributed by atoms with Gasteiger partial charge in [-0.25, -0.2) is 8.42 Å². The Kier molecular flexibility index (Phi) is 6.79. The van der Waals surface area contributed by atoms with Crippen LogP contribution in [0.5, 0.6) is 0 Å². The number of sulfonamides is 1. The minimum absolute atomic E-state index is 0. The Bertz CT molecular complexity index is 753. The first kappa shape index (κ1) is 20.8. The van der Waals surface area contributed by atoms with Gasteiger partial charge in [0.1, 0.15) is 0 Å². The molecule has 0 saturated carbocycles. The van der Waals surface area contributed by atoms with E-state index >= 15 is 0 Å². The van der Waals surface area contributed by atoms with E-state index in [-0.39, 0.29) is 34.9 Å². The van der Waals surface area contributed by atoms with Gasteiger partial charge in [-0.1, -0.05) is 12.1 Å². The first-order chi connectivity index (χ1) is 11.9. The molecule has 2 heterocycles. The third-order valence-corrected chi connectivity index (χ3v) is 6.77. The number of nitrogens with zero attached hydrogens (tertiary/aromatic N) is 2. The predicted octanol–water partition coefficient (Wildman–Crippen LogP) is 0.753. The van der Waals surface area contributed by atoms with Crippen LogP contribution in [0, 0.1) is 5.92 Å². The molecule has 26 heavy (non-hydrogen) atoms. The first-order valence-electron chi connectivity index (χ1n) is 8.50. The largest absolute Gasteiger partial charge is 0.340 e. The van der Waals surface area contributed by atoms with Crippen molar-refractivity contribution in [2.24, 2.45) is 5.92 Å². The van der Waals surface area contributed by atoms with Gasteiger partial charge in [0.05, 0.1) is 10.8 Å². The van der Waals surface area contributed by atoms with Gasteiger partial charge in [-0.2, -0.15) is 4.31 Å². The van der Waals surface area contributed by atoms with E-state index in [0.717, 1.165) is 13.0 Å². The molecule has 2 fully saturated rings. The van der Waals surface area contributed by atoms with Gasteiger partial charge >= 0.3 is 0 Å². The van der Waals surface area contributed by atoms with Gasteiger partial charge < -0.3 is 10.2 Å². The molecule has 1 atom stereocenters. The molecule has 2 aliphatic rings. The summed E-state index contributed by atoms with van der Waals surface area (Å²) < 4.78 is 26.9. The van der Waals surface area contributed by atoms with Crippen LogP contribution in [-0.4, -0.2) is 68.6 Å². The highest BCUT2D eigenvalue weighted by Crippen LogP contribution is 2.20. The van der Waals surface area contributed by atoms with Crippen molar-refractivity contribution in [3.63, 3.8) is 0 Å². The highest BCUT2D eigenvalue weighted by Gasteiger charge is 2.33. The summed E-state index contributed by atoms with van der Waals surface area (Å²) in [5.74, 6) is 0.0348. The number of rotatable bonds is 4. The van der Waals surface area contributed by atoms with Crippen LogP contribution >= 0.6 is 12.4 Å². The van der Waals surface area contributed by atoms with Crippen LogP contribution in [-0.2, 0) is 14.8 Å². The number of carbonyl (C=O) groups is 2. The number of hydrogen-bond acceptors (Lipinski definition) is 5. The Morgan fingerprint density at radius 3 is 2.19 bits per heavy atom. The normalized spacial score (nSPS) is 21.3. The summed E-state index contributed by atoms with van der Waals surface area (Å²) in [7, 11) is -3.60. The van der Waals surface area contributed by atoms with Gasteiger partial charge in [0.15, 0.2) is 5.78 Å². The highest BCUT2D eigenvalue weighted by atomic mass is 35.5. The molecule has 1 aromatic rings. The molecule has 1 amide bonds. The minimum Gasteiger partial charge on any atom is -0.340 e. The topological polar surface area (TPSA) is 86.8 Å². The molecule has 3 rings (SSSR count). The molecular weight excluding hydrogens is 378 g/mol. The quantitative estimate of drug-likeness (QED) is 0.752. The summed E-state index contributed by atoms with van der Waals surface area (Å²) in [6.07, 6.45) is 0.847. The van der Waals surface area contributed by atoms with E-state index in [1.807, 2.05) is 0 Å². The number of hydrogen-bond donors (Lipinski definition) is 1. The van der Waals surface area contributed by atoms with Crippen LogP contribution in [0.15, 0.2) is 29.2 Å². The lowest BCUT2D eigenvalue weighted by Gasteiger charge is -2.35. The molecule has 0 bridgehead atoms. The SMILES string of the molecule is CC(=O)c1ccc(S(=O)(=O)N2CCN(C(=O)C3CCNC3)CC2)cc1.Cl. The van der Waals surface area contributed by atoms with Crippen molar-refractivity contribution in [1.29, 1.82) is 0 Å². The van der Waals surface area contributed by atoms with E-state index < -0.39 is 10.0 Å². The zero-order valence-electron chi connectivity index (χ0n) is 14.7. The van der Waals surface area contributed by atoms with Gasteiger partial charge in [-0.3, -0.25) is 9.59 Å². The zero-order chi connectivity index (χ0) is 18.0. The van der Waals surface area contributed by atoms with Crippen LogP contribution in [0.2, 0.25) is 0 Å². The monoisotopic (exact) mass is 401 g/mol. The lowest BCUT2D eigenvalue weighted by atomic mass is 10.1. The molecule has 1 N–H and O–H groups in total. The van der Waals surface area contributed by atoms with E-state index in [2.05, 4.69) is 5.32 Å². The maximum atomic E-state index is 12.7. The molecule has 1 unspecified atom stereocenters. The van der Waals surface area contributed by atoms with Crippen molar-refractivity contribution in [1.82, 2.24) is 14.5 Å². The zero-order valence-corrected chi connectivity index (χ0v) is 16.3. The predicted molar refractivity (Wildman–Crippen MR) is 100 cm³/mol. The standard InChI is InChI=1S/C17H23N3O4S.ClH/c1-13(21)14-2-4-16(5-3-14)25(23,24)20-10-8-19(9-11-20)17(22)15-6-7-18-12-15;/h2-5,15,18H,6-12H2,1H3;1H. The molecule has 7 nitrogen and oxygen atoms in total. The molecule has 0 radical (unpaired) electrons. The third-order valence-electron chi connectivity index (χ3n) is 4.86. The fourth-order valence-electron chi connectivity index (χ4n) is 3.28. The average molecular weight is 402 g/mol. The van der Waals surface area contributed by atoms with E-state index in [0.29, 0.717) is 38.3 Å². The van der Waals surface area contributed by atoms with Crippen LogP contribution in [0.1, 0.15) is 23.7 Å². The Morgan fingerprint density at radius 2 is 1.69 bits per heavy atom. The molecule has 144 valence electrons. The van der Waals surface area contributed by atoms with Crippen LogP contribution in [0.3, 0.4) is 0 Å². The van der Waals surface area contributed by atoms with Crippen molar-refractivity contribution in [2.75, 3.05) is 39.3 Å². The Morgan fingerprint density at radius 1 is 1.08 bits per heavy atom. The fraction of sp³-hybridized carbons (Fsp3) is 0.529. The van der Waals surface area contributed by atoms with Crippen LogP contribution in [0.4, 0.5) is 0 Å². The number of halogens is 1. The third kappa shape index (κ3) is 4.25. The van der Waals surface area contributed by atoms with Gasteiger partial charge in [0.2, 0.25) is 15.9 Å². The van der Waals surface area contributed by atoms with Crippen LogP contribution in [0.25, 0.3) is 0 Å². The number of nitrogens with one attached hydrogen (secondary N) is 1. The number of ketones is 1. The Labute approximate surface area is 160 Å². The molecule has 0 spiro atoms. The number of piperazine rings is 1.